The Morgan fingerprint density at radius 2 is 1.92 bits per heavy atom. The van der Waals surface area contributed by atoms with Gasteiger partial charge in [0.2, 0.25) is 0 Å². The minimum atomic E-state index is -0.663. The van der Waals surface area contributed by atoms with E-state index in [1.165, 1.54) is 20.4 Å². The smallest absolute Gasteiger partial charge is 0.344 e. The number of amides is 1. The second kappa shape index (κ2) is 5.17. The van der Waals surface area contributed by atoms with Crippen LogP contribution in [0.2, 0.25) is 0 Å². The first-order chi connectivity index (χ1) is 5.67. The summed E-state index contributed by atoms with van der Waals surface area (Å²) in [5, 5.41) is 4.89. The van der Waals surface area contributed by atoms with Crippen LogP contribution in [0, 0.1) is 0 Å². The molecule has 0 heterocycles. The van der Waals surface area contributed by atoms with Gasteiger partial charge in [0.1, 0.15) is 5.57 Å². The minimum Gasteiger partial charge on any atom is -0.465 e. The van der Waals surface area contributed by atoms with Crippen LogP contribution in [-0.2, 0) is 14.3 Å². The molecule has 2 N–H and O–H groups in total. The van der Waals surface area contributed by atoms with Crippen molar-refractivity contribution in [3.05, 3.63) is 11.8 Å². The average molecular weight is 172 g/mol. The van der Waals surface area contributed by atoms with Gasteiger partial charge in [-0.2, -0.15) is 0 Å². The number of likely N-dealkylation sites (N-methyl/N-ethyl adjacent to an activating group) is 1. The number of rotatable bonds is 3. The Bertz CT molecular complexity index is 193. The van der Waals surface area contributed by atoms with Gasteiger partial charge in [-0.15, -0.1) is 0 Å². The summed E-state index contributed by atoms with van der Waals surface area (Å²) in [6.45, 7) is 0. The third-order valence-electron chi connectivity index (χ3n) is 1.17. The molecule has 0 radical (unpaired) electrons. The van der Waals surface area contributed by atoms with E-state index >= 15 is 0 Å². The Labute approximate surface area is 70.8 Å². The summed E-state index contributed by atoms with van der Waals surface area (Å²) in [5.74, 6) is -1.14. The molecule has 0 rings (SSSR count). The van der Waals surface area contributed by atoms with E-state index in [2.05, 4.69) is 15.4 Å². The Hall–Kier alpha value is -1.52. The van der Waals surface area contributed by atoms with Gasteiger partial charge in [-0.25, -0.2) is 4.79 Å². The highest BCUT2D eigenvalue weighted by Crippen LogP contribution is 1.95. The van der Waals surface area contributed by atoms with E-state index in [0.717, 1.165) is 0 Å². The van der Waals surface area contributed by atoms with Crippen LogP contribution < -0.4 is 10.6 Å². The first-order valence-electron chi connectivity index (χ1n) is 3.35. The maximum atomic E-state index is 11.0. The molecule has 0 aliphatic carbocycles. The topological polar surface area (TPSA) is 67.4 Å². The fourth-order valence-corrected chi connectivity index (χ4v) is 0.606. The SMILES string of the molecule is CN/C=C(/C(=O)NC)C(=O)OC. The van der Waals surface area contributed by atoms with Crippen LogP contribution in [0.4, 0.5) is 0 Å². The minimum absolute atomic E-state index is 0.0532. The summed E-state index contributed by atoms with van der Waals surface area (Å²) >= 11 is 0. The van der Waals surface area contributed by atoms with Gasteiger partial charge in [0.15, 0.2) is 0 Å². The van der Waals surface area contributed by atoms with Crippen molar-refractivity contribution < 1.29 is 14.3 Å². The zero-order chi connectivity index (χ0) is 9.56. The summed E-state index contributed by atoms with van der Waals surface area (Å²) in [7, 11) is 4.25. The summed E-state index contributed by atoms with van der Waals surface area (Å²) < 4.78 is 4.38. The van der Waals surface area contributed by atoms with Gasteiger partial charge in [0.05, 0.1) is 7.11 Å². The van der Waals surface area contributed by atoms with E-state index in [-0.39, 0.29) is 5.57 Å². The van der Waals surface area contributed by atoms with Crippen molar-refractivity contribution in [2.24, 2.45) is 0 Å². The number of hydrogen-bond acceptors (Lipinski definition) is 4. The summed E-state index contributed by atoms with van der Waals surface area (Å²) in [6.07, 6.45) is 1.28. The van der Waals surface area contributed by atoms with Gasteiger partial charge in [0, 0.05) is 20.3 Å². The lowest BCUT2D eigenvalue weighted by molar-refractivity contribution is -0.138. The van der Waals surface area contributed by atoms with Gasteiger partial charge in [0.25, 0.3) is 5.91 Å². The summed E-state index contributed by atoms with van der Waals surface area (Å²) in [5.41, 5.74) is -0.0532. The highest BCUT2D eigenvalue weighted by atomic mass is 16.5. The normalized spacial score (nSPS) is 10.4. The lowest BCUT2D eigenvalue weighted by Crippen LogP contribution is -2.26. The maximum Gasteiger partial charge on any atom is 0.344 e. The Morgan fingerprint density at radius 3 is 2.25 bits per heavy atom. The first kappa shape index (κ1) is 10.5. The number of hydrogen-bond donors (Lipinski definition) is 2. The molecule has 1 amide bonds. The van der Waals surface area contributed by atoms with Crippen molar-refractivity contribution in [2.75, 3.05) is 21.2 Å². The zero-order valence-corrected chi connectivity index (χ0v) is 7.30. The highest BCUT2D eigenvalue weighted by molar-refractivity contribution is 6.16. The molecule has 68 valence electrons. The zero-order valence-electron chi connectivity index (χ0n) is 7.30. The number of methoxy groups -OCH3 is 1. The standard InChI is InChI=1S/C7H12N2O3/c1-8-4-5(6(10)9-2)7(11)12-3/h4,8H,1-3H3,(H,9,10)/b5-4-. The number of carbonyl (C=O) groups excluding carboxylic acids is 2. The molecule has 0 atom stereocenters. The lowest BCUT2D eigenvalue weighted by atomic mass is 10.3. The first-order valence-corrected chi connectivity index (χ1v) is 3.35. The van der Waals surface area contributed by atoms with Gasteiger partial charge < -0.3 is 15.4 Å². The van der Waals surface area contributed by atoms with E-state index in [1.54, 1.807) is 7.05 Å². The molecule has 0 aliphatic heterocycles. The Morgan fingerprint density at radius 1 is 1.33 bits per heavy atom. The molecule has 0 aromatic heterocycles. The van der Waals surface area contributed by atoms with Gasteiger partial charge in [-0.3, -0.25) is 4.79 Å². The predicted octanol–water partition coefficient (Wildman–Crippen LogP) is -0.991. The second-order valence-electron chi connectivity index (χ2n) is 1.92. The quantitative estimate of drug-likeness (QED) is 0.248. The third kappa shape index (κ3) is 2.61. The van der Waals surface area contributed by atoms with Crippen molar-refractivity contribution in [2.45, 2.75) is 0 Å². The molecule has 12 heavy (non-hydrogen) atoms. The van der Waals surface area contributed by atoms with Gasteiger partial charge in [-0.1, -0.05) is 0 Å². The van der Waals surface area contributed by atoms with E-state index in [9.17, 15) is 9.59 Å². The molecule has 5 nitrogen and oxygen atoms in total. The molecule has 0 unspecified atom stereocenters. The molecule has 0 fully saturated rings. The molecule has 0 aromatic carbocycles. The van der Waals surface area contributed by atoms with Crippen LogP contribution in [0.3, 0.4) is 0 Å². The number of ether oxygens (including phenoxy) is 1. The van der Waals surface area contributed by atoms with Crippen LogP contribution in [0.5, 0.6) is 0 Å². The Balaban J connectivity index is 4.55. The molecule has 0 aromatic rings. The summed E-state index contributed by atoms with van der Waals surface area (Å²) in [6, 6.07) is 0. The second-order valence-corrected chi connectivity index (χ2v) is 1.92. The highest BCUT2D eigenvalue weighted by Gasteiger charge is 2.16. The summed E-state index contributed by atoms with van der Waals surface area (Å²) in [4.78, 5) is 21.9. The molecule has 0 saturated heterocycles. The van der Waals surface area contributed by atoms with Gasteiger partial charge >= 0.3 is 5.97 Å². The van der Waals surface area contributed by atoms with E-state index < -0.39 is 11.9 Å². The van der Waals surface area contributed by atoms with Crippen LogP contribution in [0.1, 0.15) is 0 Å². The molecule has 0 saturated carbocycles. The van der Waals surface area contributed by atoms with Crippen molar-refractivity contribution >= 4 is 11.9 Å². The van der Waals surface area contributed by atoms with Crippen LogP contribution in [-0.4, -0.2) is 33.1 Å². The van der Waals surface area contributed by atoms with E-state index in [1.807, 2.05) is 0 Å². The number of nitrogens with one attached hydrogen (secondary N) is 2. The molecule has 5 heteroatoms. The van der Waals surface area contributed by atoms with E-state index in [0.29, 0.717) is 0 Å². The number of carbonyl (C=O) groups is 2. The van der Waals surface area contributed by atoms with Crippen LogP contribution >= 0.6 is 0 Å². The van der Waals surface area contributed by atoms with Crippen molar-refractivity contribution in [3.63, 3.8) is 0 Å². The van der Waals surface area contributed by atoms with Crippen molar-refractivity contribution in [1.29, 1.82) is 0 Å². The Kier molecular flexibility index (Phi) is 4.52. The fraction of sp³-hybridized carbons (Fsp3) is 0.429. The average Bonchev–Trinajstić information content (AvgIpc) is 2.11. The van der Waals surface area contributed by atoms with Gasteiger partial charge in [-0.05, 0) is 0 Å². The predicted molar refractivity (Wildman–Crippen MR) is 43.2 cm³/mol. The van der Waals surface area contributed by atoms with Crippen molar-refractivity contribution in [1.82, 2.24) is 10.6 Å². The molecular formula is C7H12N2O3. The van der Waals surface area contributed by atoms with Crippen LogP contribution in [0.15, 0.2) is 11.8 Å². The van der Waals surface area contributed by atoms with Crippen LogP contribution in [0.25, 0.3) is 0 Å². The molecule has 0 aliphatic rings. The fourth-order valence-electron chi connectivity index (χ4n) is 0.606. The van der Waals surface area contributed by atoms with Crippen molar-refractivity contribution in [3.8, 4) is 0 Å². The lowest BCUT2D eigenvalue weighted by Gasteiger charge is -2.02. The molecule has 0 bridgehead atoms. The largest absolute Gasteiger partial charge is 0.465 e. The van der Waals surface area contributed by atoms with E-state index in [4.69, 9.17) is 0 Å². The molecule has 0 spiro atoms. The molecular weight excluding hydrogens is 160 g/mol. The third-order valence-corrected chi connectivity index (χ3v) is 1.17. The monoisotopic (exact) mass is 172 g/mol. The maximum absolute atomic E-state index is 11.0. The number of esters is 1.